The molecule has 0 aromatic heterocycles. The quantitative estimate of drug-likeness (QED) is 0.528. The molecule has 2 aromatic rings. The summed E-state index contributed by atoms with van der Waals surface area (Å²) >= 11 is 5.78. The van der Waals surface area contributed by atoms with Gasteiger partial charge in [0.25, 0.3) is 5.69 Å². The minimum atomic E-state index is -0.501. The van der Waals surface area contributed by atoms with Crippen molar-refractivity contribution in [1.82, 2.24) is 0 Å². The molecule has 0 radical (unpaired) electrons. The number of rotatable bonds is 4. The summed E-state index contributed by atoms with van der Waals surface area (Å²) in [6.07, 6.45) is 0. The van der Waals surface area contributed by atoms with Crippen molar-refractivity contribution in [3.63, 3.8) is 0 Å². The zero-order valence-electron chi connectivity index (χ0n) is 9.88. The fourth-order valence-electron chi connectivity index (χ4n) is 1.52. The van der Waals surface area contributed by atoms with Crippen LogP contribution in [0.5, 0.6) is 5.75 Å². The third-order valence-corrected chi connectivity index (χ3v) is 2.76. The van der Waals surface area contributed by atoms with Gasteiger partial charge in [0, 0.05) is 17.2 Å². The third kappa shape index (κ3) is 3.35. The van der Waals surface area contributed by atoms with E-state index in [1.807, 2.05) is 12.1 Å². The van der Waals surface area contributed by atoms with Gasteiger partial charge >= 0.3 is 0 Å². The van der Waals surface area contributed by atoms with Gasteiger partial charge < -0.3 is 10.5 Å². The Morgan fingerprint density at radius 2 is 1.89 bits per heavy atom. The first kappa shape index (κ1) is 13.2. The molecular formula is C13H11ClN2O3. The first-order chi connectivity index (χ1) is 9.06. The van der Waals surface area contributed by atoms with Gasteiger partial charge in [-0.25, -0.2) is 0 Å². The van der Waals surface area contributed by atoms with Crippen molar-refractivity contribution in [3.05, 3.63) is 63.2 Å². The number of nitrogens with two attached hydrogens (primary N) is 1. The van der Waals surface area contributed by atoms with Crippen LogP contribution >= 0.6 is 11.6 Å². The maximum Gasteiger partial charge on any atom is 0.271 e. The van der Waals surface area contributed by atoms with E-state index in [1.54, 1.807) is 12.1 Å². The number of non-ortho nitro benzene ring substituents is 1. The van der Waals surface area contributed by atoms with Crippen LogP contribution in [0.1, 0.15) is 5.56 Å². The van der Waals surface area contributed by atoms with Crippen molar-refractivity contribution in [3.8, 4) is 5.75 Å². The van der Waals surface area contributed by atoms with Gasteiger partial charge in [-0.05, 0) is 23.8 Å². The maximum absolute atomic E-state index is 10.6. The highest BCUT2D eigenvalue weighted by Crippen LogP contribution is 2.27. The van der Waals surface area contributed by atoms with Gasteiger partial charge in [-0.15, -0.1) is 0 Å². The van der Waals surface area contributed by atoms with Gasteiger partial charge in [0.1, 0.15) is 12.4 Å². The van der Waals surface area contributed by atoms with Crippen LogP contribution < -0.4 is 10.5 Å². The highest BCUT2D eigenvalue weighted by molar-refractivity contribution is 6.30. The first-order valence-corrected chi connectivity index (χ1v) is 5.85. The van der Waals surface area contributed by atoms with Gasteiger partial charge in [-0.3, -0.25) is 10.1 Å². The summed E-state index contributed by atoms with van der Waals surface area (Å²) in [5.41, 5.74) is 6.81. The zero-order valence-corrected chi connectivity index (χ0v) is 10.6. The van der Waals surface area contributed by atoms with E-state index in [1.165, 1.54) is 18.2 Å². The highest BCUT2D eigenvalue weighted by atomic mass is 35.5. The minimum Gasteiger partial charge on any atom is -0.487 e. The number of hydrogen-bond acceptors (Lipinski definition) is 4. The van der Waals surface area contributed by atoms with Crippen molar-refractivity contribution in [2.24, 2.45) is 0 Å². The summed E-state index contributed by atoms with van der Waals surface area (Å²) in [7, 11) is 0. The molecule has 98 valence electrons. The van der Waals surface area contributed by atoms with Crippen molar-refractivity contribution in [2.45, 2.75) is 6.61 Å². The van der Waals surface area contributed by atoms with Gasteiger partial charge in [-0.2, -0.15) is 0 Å². The molecule has 0 bridgehead atoms. The second-order valence-corrected chi connectivity index (χ2v) is 4.33. The molecule has 2 rings (SSSR count). The van der Waals surface area contributed by atoms with E-state index in [9.17, 15) is 10.1 Å². The number of nitro benzene ring substituents is 1. The Morgan fingerprint density at radius 3 is 2.47 bits per heavy atom. The highest BCUT2D eigenvalue weighted by Gasteiger charge is 2.09. The molecule has 0 fully saturated rings. The summed E-state index contributed by atoms with van der Waals surface area (Å²) in [6.45, 7) is 0.319. The lowest BCUT2D eigenvalue weighted by atomic mass is 10.2. The van der Waals surface area contributed by atoms with E-state index in [0.717, 1.165) is 5.56 Å². The largest absolute Gasteiger partial charge is 0.487 e. The summed E-state index contributed by atoms with van der Waals surface area (Å²) in [5.74, 6) is 0.417. The van der Waals surface area contributed by atoms with Crippen LogP contribution in [0.25, 0.3) is 0 Å². The number of nitrogen functional groups attached to an aromatic ring is 1. The second-order valence-electron chi connectivity index (χ2n) is 3.89. The molecule has 0 spiro atoms. The molecular weight excluding hydrogens is 268 g/mol. The Morgan fingerprint density at radius 1 is 1.21 bits per heavy atom. The molecule has 0 heterocycles. The SMILES string of the molecule is Nc1cc([N+](=O)[O-])ccc1OCc1ccc(Cl)cc1. The fraction of sp³-hybridized carbons (Fsp3) is 0.0769. The van der Waals surface area contributed by atoms with E-state index in [4.69, 9.17) is 22.1 Å². The van der Waals surface area contributed by atoms with Crippen LogP contribution in [0.4, 0.5) is 11.4 Å². The molecule has 0 aliphatic carbocycles. The van der Waals surface area contributed by atoms with E-state index in [2.05, 4.69) is 0 Å². The van der Waals surface area contributed by atoms with Crippen molar-refractivity contribution >= 4 is 23.0 Å². The summed E-state index contributed by atoms with van der Waals surface area (Å²) in [4.78, 5) is 10.1. The number of ether oxygens (including phenoxy) is 1. The summed E-state index contributed by atoms with van der Waals surface area (Å²) in [6, 6.07) is 11.3. The van der Waals surface area contributed by atoms with Gasteiger partial charge in [0.15, 0.2) is 0 Å². The molecule has 0 aliphatic rings. The van der Waals surface area contributed by atoms with Crippen LogP contribution in [0.2, 0.25) is 5.02 Å². The Balaban J connectivity index is 2.07. The topological polar surface area (TPSA) is 78.4 Å². The average Bonchev–Trinajstić information content (AvgIpc) is 2.39. The van der Waals surface area contributed by atoms with Gasteiger partial charge in [0.05, 0.1) is 10.6 Å². The van der Waals surface area contributed by atoms with Gasteiger partial charge in [-0.1, -0.05) is 23.7 Å². The molecule has 0 saturated carbocycles. The smallest absolute Gasteiger partial charge is 0.271 e. The lowest BCUT2D eigenvalue weighted by Gasteiger charge is -2.08. The number of hydrogen-bond donors (Lipinski definition) is 1. The normalized spacial score (nSPS) is 10.2. The fourth-order valence-corrected chi connectivity index (χ4v) is 1.65. The number of anilines is 1. The van der Waals surface area contributed by atoms with E-state index in [0.29, 0.717) is 17.4 Å². The van der Waals surface area contributed by atoms with E-state index >= 15 is 0 Å². The Labute approximate surface area is 114 Å². The molecule has 6 heteroatoms. The third-order valence-electron chi connectivity index (χ3n) is 2.51. The molecule has 2 aromatic carbocycles. The predicted octanol–water partition coefficient (Wildman–Crippen LogP) is 3.41. The molecule has 0 amide bonds. The molecule has 0 saturated heterocycles. The Hall–Kier alpha value is -2.27. The average molecular weight is 279 g/mol. The summed E-state index contributed by atoms with van der Waals surface area (Å²) < 4.78 is 5.51. The van der Waals surface area contributed by atoms with Crippen LogP contribution in [0.3, 0.4) is 0 Å². The minimum absolute atomic E-state index is 0.0589. The number of nitro groups is 1. The Kier molecular flexibility index (Phi) is 3.87. The molecule has 0 unspecified atom stereocenters. The van der Waals surface area contributed by atoms with Crippen LogP contribution in [-0.4, -0.2) is 4.92 Å². The van der Waals surface area contributed by atoms with E-state index < -0.39 is 4.92 Å². The number of benzene rings is 2. The molecule has 5 nitrogen and oxygen atoms in total. The number of halogens is 1. The molecule has 2 N–H and O–H groups in total. The molecule has 0 aliphatic heterocycles. The number of nitrogens with zero attached hydrogens (tertiary/aromatic N) is 1. The zero-order chi connectivity index (χ0) is 13.8. The van der Waals surface area contributed by atoms with Crippen LogP contribution in [0.15, 0.2) is 42.5 Å². The molecule has 0 atom stereocenters. The monoisotopic (exact) mass is 278 g/mol. The maximum atomic E-state index is 10.6. The molecule has 19 heavy (non-hydrogen) atoms. The van der Waals surface area contributed by atoms with Gasteiger partial charge in [0.2, 0.25) is 0 Å². The van der Waals surface area contributed by atoms with E-state index in [-0.39, 0.29) is 11.4 Å². The lowest BCUT2D eigenvalue weighted by molar-refractivity contribution is -0.384. The second kappa shape index (κ2) is 5.58. The first-order valence-electron chi connectivity index (χ1n) is 5.47. The summed E-state index contributed by atoms with van der Waals surface area (Å²) in [5, 5.41) is 11.2. The Bertz CT molecular complexity index is 599. The van der Waals surface area contributed by atoms with Crippen LogP contribution in [-0.2, 0) is 6.61 Å². The lowest BCUT2D eigenvalue weighted by Crippen LogP contribution is -1.99. The van der Waals surface area contributed by atoms with Crippen molar-refractivity contribution in [1.29, 1.82) is 0 Å². The van der Waals surface area contributed by atoms with Crippen molar-refractivity contribution < 1.29 is 9.66 Å². The predicted molar refractivity (Wildman–Crippen MR) is 73.3 cm³/mol. The standard InChI is InChI=1S/C13H11ClN2O3/c14-10-3-1-9(2-4-10)8-19-13-6-5-11(16(17)18)7-12(13)15/h1-7H,8,15H2. The van der Waals surface area contributed by atoms with Crippen LogP contribution in [0, 0.1) is 10.1 Å². The van der Waals surface area contributed by atoms with Crippen molar-refractivity contribution in [2.75, 3.05) is 5.73 Å².